The first-order valence-corrected chi connectivity index (χ1v) is 7.45. The Bertz CT molecular complexity index is 440. The number of hydrogen-bond acceptors (Lipinski definition) is 3. The number of nitrogens with zero attached hydrogens (tertiary/aromatic N) is 1. The Labute approximate surface area is 127 Å². The van der Waals surface area contributed by atoms with Crippen molar-refractivity contribution in [1.29, 1.82) is 0 Å². The van der Waals surface area contributed by atoms with Gasteiger partial charge in [-0.3, -0.25) is 0 Å². The zero-order valence-electron chi connectivity index (χ0n) is 12.8. The Balaban J connectivity index is 2.27. The molecule has 0 atom stereocenters. The van der Waals surface area contributed by atoms with E-state index < -0.39 is 5.60 Å². The molecule has 112 valence electrons. The van der Waals surface area contributed by atoms with Crippen molar-refractivity contribution in [1.82, 2.24) is 4.90 Å². The molecular formula is C16H25NO2S. The summed E-state index contributed by atoms with van der Waals surface area (Å²) >= 11 is 4.44. The van der Waals surface area contributed by atoms with Gasteiger partial charge < -0.3 is 9.64 Å². The van der Waals surface area contributed by atoms with Gasteiger partial charge in [0.25, 0.3) is 0 Å². The van der Waals surface area contributed by atoms with Crippen molar-refractivity contribution >= 4 is 18.7 Å². The largest absolute Gasteiger partial charge is 0.444 e. The van der Waals surface area contributed by atoms with E-state index in [1.807, 2.05) is 39.0 Å². The minimum Gasteiger partial charge on any atom is -0.444 e. The van der Waals surface area contributed by atoms with Crippen LogP contribution in [-0.4, -0.2) is 30.2 Å². The molecule has 20 heavy (non-hydrogen) atoms. The smallest absolute Gasteiger partial charge is 0.410 e. The van der Waals surface area contributed by atoms with E-state index in [2.05, 4.69) is 18.7 Å². The van der Waals surface area contributed by atoms with E-state index in [0.29, 0.717) is 6.54 Å². The normalized spacial score (nSPS) is 11.2. The molecule has 0 bridgehead atoms. The number of ether oxygens (including phenoxy) is 1. The van der Waals surface area contributed by atoms with Gasteiger partial charge in [-0.05, 0) is 51.7 Å². The van der Waals surface area contributed by atoms with Crippen LogP contribution in [0.15, 0.2) is 29.2 Å². The highest BCUT2D eigenvalue weighted by Gasteiger charge is 2.18. The first-order chi connectivity index (χ1) is 9.29. The van der Waals surface area contributed by atoms with Crippen molar-refractivity contribution in [3.05, 3.63) is 29.8 Å². The van der Waals surface area contributed by atoms with E-state index in [9.17, 15) is 4.79 Å². The van der Waals surface area contributed by atoms with Crippen molar-refractivity contribution < 1.29 is 9.53 Å². The highest BCUT2D eigenvalue weighted by Crippen LogP contribution is 2.15. The Hall–Kier alpha value is -1.16. The third kappa shape index (κ3) is 6.33. The molecule has 1 aromatic carbocycles. The summed E-state index contributed by atoms with van der Waals surface area (Å²) in [6, 6.07) is 8.12. The summed E-state index contributed by atoms with van der Waals surface area (Å²) in [6.07, 6.45) is 2.72. The number of unbranched alkanes of at least 4 members (excludes halogenated alkanes) is 1. The van der Waals surface area contributed by atoms with Gasteiger partial charge in [0.2, 0.25) is 0 Å². The molecule has 1 rings (SSSR count). The molecule has 0 aliphatic carbocycles. The predicted molar refractivity (Wildman–Crippen MR) is 85.5 cm³/mol. The number of benzene rings is 1. The van der Waals surface area contributed by atoms with Crippen LogP contribution < -0.4 is 0 Å². The predicted octanol–water partition coefficient (Wildman–Crippen LogP) is 4.16. The van der Waals surface area contributed by atoms with E-state index in [1.165, 1.54) is 5.56 Å². The van der Waals surface area contributed by atoms with Gasteiger partial charge >= 0.3 is 6.09 Å². The molecule has 0 unspecified atom stereocenters. The average molecular weight is 295 g/mol. The summed E-state index contributed by atoms with van der Waals surface area (Å²) in [5, 5.41) is 0. The summed E-state index contributed by atoms with van der Waals surface area (Å²) in [4.78, 5) is 14.4. The topological polar surface area (TPSA) is 29.5 Å². The molecule has 0 aromatic heterocycles. The van der Waals surface area contributed by atoms with Gasteiger partial charge in [0.1, 0.15) is 5.60 Å². The second-order valence-corrected chi connectivity index (χ2v) is 6.47. The fourth-order valence-electron chi connectivity index (χ4n) is 1.82. The summed E-state index contributed by atoms with van der Waals surface area (Å²) < 4.78 is 5.31. The molecule has 0 saturated heterocycles. The zero-order chi connectivity index (χ0) is 15.2. The molecule has 0 saturated carbocycles. The van der Waals surface area contributed by atoms with E-state index in [0.717, 1.165) is 24.2 Å². The molecular weight excluding hydrogens is 270 g/mol. The van der Waals surface area contributed by atoms with E-state index in [1.54, 1.807) is 11.9 Å². The summed E-state index contributed by atoms with van der Waals surface area (Å²) in [6.45, 7) is 6.34. The van der Waals surface area contributed by atoms with Crippen molar-refractivity contribution in [2.75, 3.05) is 13.6 Å². The van der Waals surface area contributed by atoms with E-state index in [-0.39, 0.29) is 6.09 Å². The molecule has 3 nitrogen and oxygen atoms in total. The number of rotatable bonds is 5. The molecule has 0 radical (unpaired) electrons. The number of aryl methyl sites for hydroxylation is 1. The van der Waals surface area contributed by atoms with Gasteiger partial charge in [-0.25, -0.2) is 4.79 Å². The highest BCUT2D eigenvalue weighted by atomic mass is 32.1. The lowest BCUT2D eigenvalue weighted by molar-refractivity contribution is 0.0296. The maximum absolute atomic E-state index is 11.8. The van der Waals surface area contributed by atoms with Gasteiger partial charge in [-0.2, -0.15) is 0 Å². The summed E-state index contributed by atoms with van der Waals surface area (Å²) in [5.41, 5.74) is 0.826. The Morgan fingerprint density at radius 2 is 1.90 bits per heavy atom. The minimum atomic E-state index is -0.434. The lowest BCUT2D eigenvalue weighted by Crippen LogP contribution is -2.34. The number of carbonyl (C=O) groups is 1. The molecule has 1 aromatic rings. The minimum absolute atomic E-state index is 0.257. The van der Waals surface area contributed by atoms with E-state index in [4.69, 9.17) is 4.74 Å². The van der Waals surface area contributed by atoms with Crippen molar-refractivity contribution in [2.45, 2.75) is 50.5 Å². The maximum Gasteiger partial charge on any atom is 0.410 e. The molecule has 0 heterocycles. The molecule has 0 spiro atoms. The van der Waals surface area contributed by atoms with Gasteiger partial charge in [0.15, 0.2) is 0 Å². The van der Waals surface area contributed by atoms with Crippen LogP contribution in [-0.2, 0) is 11.2 Å². The van der Waals surface area contributed by atoms with Crippen LogP contribution in [0.25, 0.3) is 0 Å². The first kappa shape index (κ1) is 16.9. The summed E-state index contributed by atoms with van der Waals surface area (Å²) in [7, 11) is 1.78. The molecule has 1 amide bonds. The van der Waals surface area contributed by atoms with Gasteiger partial charge in [-0.1, -0.05) is 18.2 Å². The number of thiol groups is 1. The Morgan fingerprint density at radius 1 is 1.25 bits per heavy atom. The van der Waals surface area contributed by atoms with Gasteiger partial charge in [0.05, 0.1) is 0 Å². The van der Waals surface area contributed by atoms with E-state index >= 15 is 0 Å². The third-order valence-electron chi connectivity index (χ3n) is 2.89. The highest BCUT2D eigenvalue weighted by molar-refractivity contribution is 7.80. The second-order valence-electron chi connectivity index (χ2n) is 5.99. The van der Waals surface area contributed by atoms with Crippen LogP contribution in [0.5, 0.6) is 0 Å². The van der Waals surface area contributed by atoms with Crippen LogP contribution in [0, 0.1) is 0 Å². The monoisotopic (exact) mass is 295 g/mol. The zero-order valence-corrected chi connectivity index (χ0v) is 13.7. The molecule has 0 N–H and O–H groups in total. The summed E-state index contributed by atoms with van der Waals surface area (Å²) in [5.74, 6) is 0. The van der Waals surface area contributed by atoms with Crippen molar-refractivity contribution in [3.8, 4) is 0 Å². The SMILES string of the molecule is CN(CCCCc1ccccc1S)C(=O)OC(C)(C)C. The fourth-order valence-corrected chi connectivity index (χ4v) is 2.09. The molecule has 4 heteroatoms. The Kier molecular flexibility index (Phi) is 6.40. The van der Waals surface area contributed by atoms with Crippen LogP contribution in [0.4, 0.5) is 4.79 Å². The average Bonchev–Trinajstić information content (AvgIpc) is 2.34. The molecule has 0 aliphatic heterocycles. The van der Waals surface area contributed by atoms with Crippen LogP contribution in [0.3, 0.4) is 0 Å². The van der Waals surface area contributed by atoms with Crippen molar-refractivity contribution in [3.63, 3.8) is 0 Å². The first-order valence-electron chi connectivity index (χ1n) is 7.00. The number of hydrogen-bond donors (Lipinski definition) is 1. The molecule has 0 aliphatic rings. The third-order valence-corrected chi connectivity index (χ3v) is 3.32. The van der Waals surface area contributed by atoms with Crippen molar-refractivity contribution in [2.24, 2.45) is 0 Å². The van der Waals surface area contributed by atoms with Crippen LogP contribution in [0.2, 0.25) is 0 Å². The van der Waals surface area contributed by atoms with Crippen LogP contribution in [0.1, 0.15) is 39.2 Å². The Morgan fingerprint density at radius 3 is 2.50 bits per heavy atom. The van der Waals surface area contributed by atoms with Gasteiger partial charge in [-0.15, -0.1) is 12.6 Å². The number of amides is 1. The standard InChI is InChI=1S/C16H25NO2S/c1-16(2,3)19-15(18)17(4)12-8-7-10-13-9-5-6-11-14(13)20/h5-6,9,11,20H,7-8,10,12H2,1-4H3. The van der Waals surface area contributed by atoms with Crippen LogP contribution >= 0.6 is 12.6 Å². The quantitative estimate of drug-likeness (QED) is 0.653. The number of carbonyl (C=O) groups excluding carboxylic acids is 1. The van der Waals surface area contributed by atoms with Gasteiger partial charge in [0, 0.05) is 18.5 Å². The second kappa shape index (κ2) is 7.58. The lowest BCUT2D eigenvalue weighted by Gasteiger charge is -2.24. The fraction of sp³-hybridized carbons (Fsp3) is 0.562. The maximum atomic E-state index is 11.8. The lowest BCUT2D eigenvalue weighted by atomic mass is 10.1. The molecule has 0 fully saturated rings.